The van der Waals surface area contributed by atoms with Gasteiger partial charge >= 0.3 is 5.97 Å². The number of esters is 1. The maximum atomic E-state index is 13.0. The van der Waals surface area contributed by atoms with Gasteiger partial charge in [0.1, 0.15) is 0 Å². The Morgan fingerprint density at radius 3 is 2.77 bits per heavy atom. The molecule has 0 aliphatic heterocycles. The zero-order chi connectivity index (χ0) is 22.0. The molecule has 0 saturated carbocycles. The molecule has 2 heterocycles. The van der Waals surface area contributed by atoms with E-state index in [4.69, 9.17) is 25.8 Å². The van der Waals surface area contributed by atoms with Gasteiger partial charge in [0.05, 0.1) is 33.8 Å². The summed E-state index contributed by atoms with van der Waals surface area (Å²) < 4.78 is 18.2. The summed E-state index contributed by atoms with van der Waals surface area (Å²) in [5, 5.41) is 0.265. The van der Waals surface area contributed by atoms with Crippen LogP contribution < -0.4 is 19.6 Å². The Labute approximate surface area is 186 Å². The van der Waals surface area contributed by atoms with Gasteiger partial charge in [0.15, 0.2) is 23.1 Å². The molecule has 0 N–H and O–H groups in total. The highest BCUT2D eigenvalue weighted by Gasteiger charge is 2.15. The quantitative estimate of drug-likeness (QED) is 0.395. The molecular formula is C22H19ClN2O5S. The van der Waals surface area contributed by atoms with Gasteiger partial charge in [-0.15, -0.1) is 0 Å². The predicted molar refractivity (Wildman–Crippen MR) is 120 cm³/mol. The van der Waals surface area contributed by atoms with E-state index in [0.29, 0.717) is 27.4 Å². The normalized spacial score (nSPS) is 11.9. The molecule has 4 aromatic rings. The number of hydrogen-bond acceptors (Lipinski definition) is 7. The van der Waals surface area contributed by atoms with Crippen molar-refractivity contribution >= 4 is 51.0 Å². The molecule has 0 aliphatic carbocycles. The lowest BCUT2D eigenvalue weighted by Gasteiger charge is -2.14. The topological polar surface area (TPSA) is 79.1 Å². The molecule has 2 aromatic carbocycles. The molecule has 0 radical (unpaired) electrons. The van der Waals surface area contributed by atoms with Gasteiger partial charge in [-0.25, -0.2) is 14.2 Å². The van der Waals surface area contributed by atoms with Crippen molar-refractivity contribution in [2.45, 2.75) is 13.8 Å². The first-order valence-electron chi connectivity index (χ1n) is 9.68. The van der Waals surface area contributed by atoms with E-state index in [9.17, 15) is 9.59 Å². The van der Waals surface area contributed by atoms with E-state index in [2.05, 4.69) is 4.98 Å². The monoisotopic (exact) mass is 458 g/mol. The van der Waals surface area contributed by atoms with Crippen molar-refractivity contribution in [3.63, 3.8) is 0 Å². The van der Waals surface area contributed by atoms with Gasteiger partial charge in [-0.05, 0) is 49.8 Å². The number of aromatic nitrogens is 2. The summed E-state index contributed by atoms with van der Waals surface area (Å²) in [6.07, 6.45) is 1.74. The number of benzene rings is 2. The van der Waals surface area contributed by atoms with Crippen LogP contribution in [-0.2, 0) is 9.53 Å². The Bertz CT molecular complexity index is 1380. The van der Waals surface area contributed by atoms with E-state index in [0.717, 1.165) is 11.0 Å². The fourth-order valence-electron chi connectivity index (χ4n) is 3.17. The van der Waals surface area contributed by atoms with Gasteiger partial charge in [-0.2, -0.15) is 0 Å². The number of rotatable bonds is 7. The van der Waals surface area contributed by atoms with E-state index in [1.54, 1.807) is 29.5 Å². The average molecular weight is 459 g/mol. The van der Waals surface area contributed by atoms with Crippen LogP contribution in [0.1, 0.15) is 19.4 Å². The highest BCUT2D eigenvalue weighted by Crippen LogP contribution is 2.37. The van der Waals surface area contributed by atoms with Gasteiger partial charge in [-0.1, -0.05) is 35.1 Å². The molecule has 31 heavy (non-hydrogen) atoms. The largest absolute Gasteiger partial charge is 0.490 e. The minimum atomic E-state index is -0.498. The van der Waals surface area contributed by atoms with Crippen molar-refractivity contribution in [3.8, 4) is 11.5 Å². The maximum Gasteiger partial charge on any atom is 0.344 e. The Balaban J connectivity index is 1.74. The van der Waals surface area contributed by atoms with Crippen molar-refractivity contribution in [1.82, 2.24) is 9.38 Å². The fourth-order valence-corrected chi connectivity index (χ4v) is 4.43. The third kappa shape index (κ3) is 4.22. The molecule has 7 nitrogen and oxygen atoms in total. The zero-order valence-electron chi connectivity index (χ0n) is 16.9. The van der Waals surface area contributed by atoms with Crippen molar-refractivity contribution in [2.24, 2.45) is 0 Å². The van der Waals surface area contributed by atoms with Crippen molar-refractivity contribution in [2.75, 3.05) is 19.8 Å². The van der Waals surface area contributed by atoms with Crippen LogP contribution in [0.4, 0.5) is 0 Å². The molecule has 0 saturated heterocycles. The van der Waals surface area contributed by atoms with Crippen LogP contribution in [0.5, 0.6) is 11.5 Å². The van der Waals surface area contributed by atoms with E-state index in [1.807, 2.05) is 31.2 Å². The predicted octanol–water partition coefficient (Wildman–Crippen LogP) is 3.45. The number of hydrogen-bond donors (Lipinski definition) is 0. The first-order chi connectivity index (χ1) is 15.0. The van der Waals surface area contributed by atoms with Gasteiger partial charge < -0.3 is 14.2 Å². The van der Waals surface area contributed by atoms with Crippen LogP contribution in [-0.4, -0.2) is 35.2 Å². The zero-order valence-corrected chi connectivity index (χ0v) is 18.5. The highest BCUT2D eigenvalue weighted by atomic mass is 35.5. The van der Waals surface area contributed by atoms with Crippen LogP contribution in [0.3, 0.4) is 0 Å². The summed E-state index contributed by atoms with van der Waals surface area (Å²) in [5.74, 6) is 0.134. The summed E-state index contributed by atoms with van der Waals surface area (Å²) in [4.78, 5) is 29.7. The van der Waals surface area contributed by atoms with Crippen molar-refractivity contribution < 1.29 is 19.0 Å². The van der Waals surface area contributed by atoms with Crippen LogP contribution in [0, 0.1) is 0 Å². The molecule has 0 bridgehead atoms. The first kappa shape index (κ1) is 21.1. The van der Waals surface area contributed by atoms with E-state index < -0.39 is 5.97 Å². The fraction of sp³-hybridized carbons (Fsp3) is 0.227. The summed E-state index contributed by atoms with van der Waals surface area (Å²) in [6.45, 7) is 3.90. The van der Waals surface area contributed by atoms with Crippen LogP contribution in [0.15, 0.2) is 41.2 Å². The Hall–Kier alpha value is -3.10. The molecule has 0 fully saturated rings. The molecule has 0 aliphatic rings. The standard InChI is InChI=1S/C22H19ClN2O5S/c1-3-28-17-10-13(9-14(23)20(17)30-12-19(26)29-4-2)11-18-21(27)25-16-8-6-5-7-15(16)24-22(25)31-18/h5-11H,3-4,12H2,1-2H3. The van der Waals surface area contributed by atoms with E-state index in [-0.39, 0.29) is 29.5 Å². The highest BCUT2D eigenvalue weighted by molar-refractivity contribution is 7.15. The van der Waals surface area contributed by atoms with E-state index in [1.165, 1.54) is 11.3 Å². The molecule has 0 unspecified atom stereocenters. The molecular weight excluding hydrogens is 440 g/mol. The Morgan fingerprint density at radius 2 is 2.00 bits per heavy atom. The SMILES string of the molecule is CCOC(=O)COc1c(Cl)cc(C=c2sc3nc4ccccc4n3c2=O)cc1OCC. The molecule has 4 rings (SSSR count). The molecule has 160 valence electrons. The number of para-hydroxylation sites is 2. The van der Waals surface area contributed by atoms with Crippen LogP contribution in [0.2, 0.25) is 5.02 Å². The molecule has 0 spiro atoms. The molecule has 0 atom stereocenters. The lowest BCUT2D eigenvalue weighted by Crippen LogP contribution is -2.22. The minimum Gasteiger partial charge on any atom is -0.490 e. The second kappa shape index (κ2) is 8.95. The Kier molecular flexibility index (Phi) is 6.11. The summed E-state index contributed by atoms with van der Waals surface area (Å²) in [6, 6.07) is 10.9. The van der Waals surface area contributed by atoms with Crippen molar-refractivity contribution in [3.05, 3.63) is 61.9 Å². The van der Waals surface area contributed by atoms with Crippen LogP contribution in [0.25, 0.3) is 22.1 Å². The molecule has 9 heteroatoms. The second-order valence-electron chi connectivity index (χ2n) is 6.49. The third-order valence-corrected chi connectivity index (χ3v) is 5.66. The van der Waals surface area contributed by atoms with Crippen LogP contribution >= 0.6 is 22.9 Å². The molecule has 0 amide bonds. The number of imidazole rings is 1. The molecule has 2 aromatic heterocycles. The van der Waals surface area contributed by atoms with Crippen molar-refractivity contribution in [1.29, 1.82) is 0 Å². The number of thiazole rings is 1. The lowest BCUT2D eigenvalue weighted by atomic mass is 10.2. The minimum absolute atomic E-state index is 0.148. The van der Waals surface area contributed by atoms with E-state index >= 15 is 0 Å². The summed E-state index contributed by atoms with van der Waals surface area (Å²) in [5.41, 5.74) is 2.07. The summed E-state index contributed by atoms with van der Waals surface area (Å²) in [7, 11) is 0. The number of carbonyl (C=O) groups excluding carboxylic acids is 1. The van der Waals surface area contributed by atoms with Gasteiger partial charge in [0, 0.05) is 0 Å². The van der Waals surface area contributed by atoms with Gasteiger partial charge in [-0.3, -0.25) is 4.79 Å². The van der Waals surface area contributed by atoms with Gasteiger partial charge in [0.25, 0.3) is 5.56 Å². The lowest BCUT2D eigenvalue weighted by molar-refractivity contribution is -0.145. The second-order valence-corrected chi connectivity index (χ2v) is 7.91. The van der Waals surface area contributed by atoms with Gasteiger partial charge in [0.2, 0.25) is 0 Å². The average Bonchev–Trinajstić information content (AvgIpc) is 3.24. The smallest absolute Gasteiger partial charge is 0.344 e. The third-order valence-electron chi connectivity index (χ3n) is 4.41. The maximum absolute atomic E-state index is 13.0. The number of fused-ring (bicyclic) bond motifs is 3. The number of carbonyl (C=O) groups is 1. The Morgan fingerprint density at radius 1 is 1.19 bits per heavy atom. The number of ether oxygens (including phenoxy) is 3. The summed E-state index contributed by atoms with van der Waals surface area (Å²) >= 11 is 7.70. The number of halogens is 1. The first-order valence-corrected chi connectivity index (χ1v) is 10.9. The number of nitrogens with zero attached hydrogens (tertiary/aromatic N) is 2.